The van der Waals surface area contributed by atoms with Gasteiger partial charge in [0.05, 0.1) is 5.52 Å². The number of aryl methyl sites for hydroxylation is 1. The van der Waals surface area contributed by atoms with Gasteiger partial charge in [-0.15, -0.1) is 11.3 Å². The zero-order chi connectivity index (χ0) is 13.1. The van der Waals surface area contributed by atoms with E-state index in [0.29, 0.717) is 12.1 Å². The summed E-state index contributed by atoms with van der Waals surface area (Å²) in [5.74, 6) is 0.110. The highest BCUT2D eigenvalue weighted by Crippen LogP contribution is 2.15. The fourth-order valence-corrected chi connectivity index (χ4v) is 2.75. The fraction of sp³-hybridized carbons (Fsp3) is 0.125. The number of aromatic nitrogens is 1. The molecule has 0 amide bonds. The first-order chi connectivity index (χ1) is 9.33. The molecule has 94 valence electrons. The molecule has 0 aliphatic rings. The van der Waals surface area contributed by atoms with E-state index in [1.54, 1.807) is 11.3 Å². The highest BCUT2D eigenvalue weighted by atomic mass is 32.1. The fourth-order valence-electron chi connectivity index (χ4n) is 2.04. The molecule has 0 saturated heterocycles. The van der Waals surface area contributed by atoms with Gasteiger partial charge >= 0.3 is 0 Å². The molecule has 3 rings (SSSR count). The Hall–Kier alpha value is -2.00. The summed E-state index contributed by atoms with van der Waals surface area (Å²) < 4.78 is 0. The van der Waals surface area contributed by atoms with Crippen molar-refractivity contribution < 1.29 is 4.79 Å². The molecule has 2 heterocycles. The van der Waals surface area contributed by atoms with Crippen molar-refractivity contribution in [2.45, 2.75) is 12.8 Å². The number of para-hydroxylation sites is 1. The topological polar surface area (TPSA) is 30.0 Å². The van der Waals surface area contributed by atoms with Crippen LogP contribution in [0.15, 0.2) is 53.9 Å². The van der Waals surface area contributed by atoms with Crippen LogP contribution in [-0.2, 0) is 6.42 Å². The summed E-state index contributed by atoms with van der Waals surface area (Å²) in [4.78, 5) is 17.8. The van der Waals surface area contributed by atoms with E-state index in [0.717, 1.165) is 17.3 Å². The Morgan fingerprint density at radius 2 is 1.95 bits per heavy atom. The molecule has 0 unspecified atom stereocenters. The molecule has 0 N–H and O–H groups in total. The molecule has 0 spiro atoms. The Morgan fingerprint density at radius 1 is 1.05 bits per heavy atom. The lowest BCUT2D eigenvalue weighted by molar-refractivity contribution is 0.0978. The van der Waals surface area contributed by atoms with E-state index in [1.807, 2.05) is 47.8 Å². The van der Waals surface area contributed by atoms with Gasteiger partial charge in [0.15, 0.2) is 5.78 Å². The van der Waals surface area contributed by atoms with Gasteiger partial charge in [0.2, 0.25) is 0 Å². The number of pyridine rings is 1. The largest absolute Gasteiger partial charge is 0.292 e. The van der Waals surface area contributed by atoms with Crippen molar-refractivity contribution >= 4 is 28.0 Å². The van der Waals surface area contributed by atoms with E-state index in [4.69, 9.17) is 0 Å². The normalized spacial score (nSPS) is 10.7. The number of rotatable bonds is 4. The van der Waals surface area contributed by atoms with Gasteiger partial charge in [-0.3, -0.25) is 4.79 Å². The molecule has 0 aliphatic carbocycles. The molecule has 0 bridgehead atoms. The minimum absolute atomic E-state index is 0.110. The number of nitrogens with zero attached hydrogens (tertiary/aromatic N) is 1. The zero-order valence-electron chi connectivity index (χ0n) is 10.4. The highest BCUT2D eigenvalue weighted by Gasteiger charge is 2.08. The van der Waals surface area contributed by atoms with Crippen LogP contribution in [0.1, 0.15) is 21.8 Å². The van der Waals surface area contributed by atoms with Crippen LogP contribution in [0, 0.1) is 0 Å². The molecule has 0 aliphatic heterocycles. The van der Waals surface area contributed by atoms with Crippen molar-refractivity contribution in [2.24, 2.45) is 0 Å². The van der Waals surface area contributed by atoms with E-state index in [-0.39, 0.29) is 5.78 Å². The predicted molar refractivity (Wildman–Crippen MR) is 78.7 cm³/mol. The number of benzene rings is 1. The molecule has 1 aromatic carbocycles. The van der Waals surface area contributed by atoms with Crippen molar-refractivity contribution in [3.05, 3.63) is 64.5 Å². The van der Waals surface area contributed by atoms with Crippen LogP contribution in [0.25, 0.3) is 10.9 Å². The molecule has 0 fully saturated rings. The first-order valence-electron chi connectivity index (χ1n) is 6.24. The number of hydrogen-bond acceptors (Lipinski definition) is 3. The summed E-state index contributed by atoms with van der Waals surface area (Å²) in [6, 6.07) is 15.7. The van der Waals surface area contributed by atoms with Gasteiger partial charge in [-0.2, -0.15) is 0 Å². The van der Waals surface area contributed by atoms with Gasteiger partial charge < -0.3 is 0 Å². The monoisotopic (exact) mass is 267 g/mol. The van der Waals surface area contributed by atoms with Crippen LogP contribution in [0.2, 0.25) is 0 Å². The lowest BCUT2D eigenvalue weighted by Crippen LogP contribution is -2.03. The quantitative estimate of drug-likeness (QED) is 0.666. The van der Waals surface area contributed by atoms with Gasteiger partial charge in [0, 0.05) is 16.7 Å². The molecular formula is C16H13NOS. The first-order valence-corrected chi connectivity index (χ1v) is 7.12. The lowest BCUT2D eigenvalue weighted by Gasteiger charge is -2.02. The Morgan fingerprint density at radius 3 is 2.79 bits per heavy atom. The van der Waals surface area contributed by atoms with Crippen molar-refractivity contribution in [1.29, 1.82) is 0 Å². The number of carbonyl (C=O) groups is 1. The third-order valence-electron chi connectivity index (χ3n) is 3.06. The van der Waals surface area contributed by atoms with Gasteiger partial charge in [-0.1, -0.05) is 30.3 Å². The maximum absolute atomic E-state index is 12.1. The minimum atomic E-state index is 0.110. The van der Waals surface area contributed by atoms with Crippen molar-refractivity contribution in [3.8, 4) is 0 Å². The third-order valence-corrected chi connectivity index (χ3v) is 4.00. The van der Waals surface area contributed by atoms with Crippen LogP contribution in [-0.4, -0.2) is 10.8 Å². The number of Topliss-reactive ketones (excluding diaryl/α,β-unsaturated/α-hetero) is 1. The van der Waals surface area contributed by atoms with E-state index < -0.39 is 0 Å². The number of ketones is 1. The summed E-state index contributed by atoms with van der Waals surface area (Å²) >= 11 is 1.69. The van der Waals surface area contributed by atoms with E-state index >= 15 is 0 Å². The van der Waals surface area contributed by atoms with Crippen LogP contribution < -0.4 is 0 Å². The molecule has 2 aromatic heterocycles. The predicted octanol–water partition coefficient (Wildman–Crippen LogP) is 4.11. The first kappa shape index (κ1) is 12.1. The van der Waals surface area contributed by atoms with E-state index in [2.05, 4.69) is 11.1 Å². The van der Waals surface area contributed by atoms with Crippen LogP contribution in [0.3, 0.4) is 0 Å². The average molecular weight is 267 g/mol. The SMILES string of the molecule is O=C(CCc1cccs1)c1ccc2ccccc2n1. The number of hydrogen-bond donors (Lipinski definition) is 0. The standard InChI is InChI=1S/C16H13NOS/c18-16(10-8-13-5-3-11-19-13)15-9-7-12-4-1-2-6-14(12)17-15/h1-7,9,11H,8,10H2. The summed E-state index contributed by atoms with van der Waals surface area (Å²) in [6.07, 6.45) is 1.32. The van der Waals surface area contributed by atoms with Crippen LogP contribution >= 0.6 is 11.3 Å². The zero-order valence-corrected chi connectivity index (χ0v) is 11.2. The molecule has 3 aromatic rings. The Kier molecular flexibility index (Phi) is 3.38. The summed E-state index contributed by atoms with van der Waals surface area (Å²) in [6.45, 7) is 0. The number of thiophene rings is 1. The highest BCUT2D eigenvalue weighted by molar-refractivity contribution is 7.09. The smallest absolute Gasteiger partial charge is 0.181 e. The summed E-state index contributed by atoms with van der Waals surface area (Å²) in [5, 5.41) is 3.10. The van der Waals surface area contributed by atoms with Crippen molar-refractivity contribution in [3.63, 3.8) is 0 Å². The van der Waals surface area contributed by atoms with Gasteiger partial charge in [0.1, 0.15) is 5.69 Å². The van der Waals surface area contributed by atoms with Crippen molar-refractivity contribution in [2.75, 3.05) is 0 Å². The number of carbonyl (C=O) groups excluding carboxylic acids is 1. The third kappa shape index (κ3) is 2.71. The molecule has 0 saturated carbocycles. The lowest BCUT2D eigenvalue weighted by atomic mass is 10.1. The minimum Gasteiger partial charge on any atom is -0.292 e. The van der Waals surface area contributed by atoms with E-state index in [1.165, 1.54) is 4.88 Å². The maximum atomic E-state index is 12.1. The van der Waals surface area contributed by atoms with Crippen LogP contribution in [0.4, 0.5) is 0 Å². The second-order valence-corrected chi connectivity index (χ2v) is 5.42. The Bertz CT molecular complexity index is 704. The molecule has 19 heavy (non-hydrogen) atoms. The van der Waals surface area contributed by atoms with Crippen molar-refractivity contribution in [1.82, 2.24) is 4.98 Å². The van der Waals surface area contributed by atoms with Gasteiger partial charge in [0.25, 0.3) is 0 Å². The summed E-state index contributed by atoms with van der Waals surface area (Å²) in [7, 11) is 0. The molecule has 3 heteroatoms. The Balaban J connectivity index is 1.77. The van der Waals surface area contributed by atoms with Gasteiger partial charge in [-0.25, -0.2) is 4.98 Å². The second-order valence-electron chi connectivity index (χ2n) is 4.39. The molecular weight excluding hydrogens is 254 g/mol. The maximum Gasteiger partial charge on any atom is 0.181 e. The van der Waals surface area contributed by atoms with Gasteiger partial charge in [-0.05, 0) is 30.0 Å². The second kappa shape index (κ2) is 5.33. The van der Waals surface area contributed by atoms with E-state index in [9.17, 15) is 4.79 Å². The molecule has 2 nitrogen and oxygen atoms in total. The van der Waals surface area contributed by atoms with Crippen LogP contribution in [0.5, 0.6) is 0 Å². The summed E-state index contributed by atoms with van der Waals surface area (Å²) in [5.41, 5.74) is 1.44. The Labute approximate surface area is 115 Å². The number of fused-ring (bicyclic) bond motifs is 1. The molecule has 0 atom stereocenters. The average Bonchev–Trinajstić information content (AvgIpc) is 2.97. The molecule has 0 radical (unpaired) electrons.